The number of ether oxygens (including phenoxy) is 2. The number of methoxy groups -OCH3 is 2. The number of esters is 1. The van der Waals surface area contributed by atoms with Crippen LogP contribution in [0.5, 0.6) is 5.75 Å². The molecule has 26 heavy (non-hydrogen) atoms. The van der Waals surface area contributed by atoms with Crippen molar-refractivity contribution in [1.82, 2.24) is 0 Å². The topological polar surface area (TPSA) is 68.1 Å². The van der Waals surface area contributed by atoms with Crippen LogP contribution in [0, 0.1) is 0 Å². The van der Waals surface area contributed by atoms with Crippen molar-refractivity contribution in [3.63, 3.8) is 0 Å². The molecular weight excluding hydrogens is 350 g/mol. The van der Waals surface area contributed by atoms with E-state index in [0.29, 0.717) is 17.2 Å². The van der Waals surface area contributed by atoms with Gasteiger partial charge in [0.15, 0.2) is 0 Å². The predicted octanol–water partition coefficient (Wildman–Crippen LogP) is 4.59. The van der Waals surface area contributed by atoms with Gasteiger partial charge in [-0.05, 0) is 29.8 Å². The Labute approximate surface area is 156 Å². The molecule has 0 unspecified atom stereocenters. The third kappa shape index (κ3) is 3.91. The second-order valence-corrected chi connectivity index (χ2v) is 6.84. The fraction of sp³-hybridized carbons (Fsp3) is 0.200. The van der Waals surface area contributed by atoms with Crippen molar-refractivity contribution in [2.45, 2.75) is 11.7 Å². The Balaban J connectivity index is 2.00. The van der Waals surface area contributed by atoms with Crippen LogP contribution in [0.15, 0.2) is 70.9 Å². The first kappa shape index (κ1) is 18.1. The molecule has 1 atom stereocenters. The van der Waals surface area contributed by atoms with Crippen molar-refractivity contribution in [2.75, 3.05) is 14.2 Å². The van der Waals surface area contributed by atoms with Gasteiger partial charge in [-0.25, -0.2) is 9.79 Å². The summed E-state index contributed by atoms with van der Waals surface area (Å²) in [7, 11) is 2.89. The van der Waals surface area contributed by atoms with E-state index in [1.54, 1.807) is 31.4 Å². The van der Waals surface area contributed by atoms with E-state index >= 15 is 0 Å². The predicted molar refractivity (Wildman–Crippen MR) is 103 cm³/mol. The minimum atomic E-state index is -0.589. The largest absolute Gasteiger partial charge is 0.511 e. The normalized spacial score (nSPS) is 18.7. The third-order valence-electron chi connectivity index (χ3n) is 4.00. The zero-order valence-corrected chi connectivity index (χ0v) is 15.3. The zero-order valence-electron chi connectivity index (χ0n) is 14.5. The van der Waals surface area contributed by atoms with E-state index in [2.05, 4.69) is 4.99 Å². The summed E-state index contributed by atoms with van der Waals surface area (Å²) in [6.45, 7) is 0. The number of carbonyl (C=O) groups is 1. The fourth-order valence-electron chi connectivity index (χ4n) is 2.65. The van der Waals surface area contributed by atoms with Crippen LogP contribution in [0.3, 0.4) is 0 Å². The Morgan fingerprint density at radius 3 is 2.42 bits per heavy atom. The van der Waals surface area contributed by atoms with E-state index in [9.17, 15) is 9.90 Å². The van der Waals surface area contributed by atoms with Crippen LogP contribution in [0.2, 0.25) is 0 Å². The smallest absolute Gasteiger partial charge is 0.344 e. The van der Waals surface area contributed by atoms with Crippen LogP contribution < -0.4 is 4.74 Å². The van der Waals surface area contributed by atoms with Crippen LogP contribution in [0.1, 0.15) is 17.2 Å². The fourth-order valence-corrected chi connectivity index (χ4v) is 3.93. The van der Waals surface area contributed by atoms with Crippen molar-refractivity contribution in [3.05, 3.63) is 71.5 Å². The first-order valence-corrected chi connectivity index (χ1v) is 8.95. The van der Waals surface area contributed by atoms with E-state index in [4.69, 9.17) is 9.47 Å². The second kappa shape index (κ2) is 8.10. The number of allylic oxidation sites excluding steroid dienone is 1. The second-order valence-electron chi connectivity index (χ2n) is 5.65. The zero-order chi connectivity index (χ0) is 18.5. The Morgan fingerprint density at radius 1 is 1.12 bits per heavy atom. The van der Waals surface area contributed by atoms with Gasteiger partial charge in [0.25, 0.3) is 0 Å². The molecule has 0 spiro atoms. The summed E-state index contributed by atoms with van der Waals surface area (Å²) in [5, 5.41) is 10.9. The molecule has 6 heteroatoms. The maximum Gasteiger partial charge on any atom is 0.344 e. The molecular formula is C20H19NO4S. The van der Waals surface area contributed by atoms with Crippen LogP contribution in [-0.2, 0) is 9.53 Å². The summed E-state index contributed by atoms with van der Waals surface area (Å²) in [5.74, 6) is 0.129. The third-order valence-corrected chi connectivity index (χ3v) is 5.24. The Bertz CT molecular complexity index is 844. The summed E-state index contributed by atoms with van der Waals surface area (Å²) < 4.78 is 9.99. The van der Waals surface area contributed by atoms with Gasteiger partial charge in [-0.15, -0.1) is 0 Å². The van der Waals surface area contributed by atoms with Crippen LogP contribution in [0.25, 0.3) is 0 Å². The van der Waals surface area contributed by atoms with Gasteiger partial charge in [0.2, 0.25) is 0 Å². The molecule has 0 radical (unpaired) electrons. The van der Waals surface area contributed by atoms with Gasteiger partial charge in [-0.2, -0.15) is 0 Å². The number of hydrogen-bond donors (Lipinski definition) is 1. The number of carbonyl (C=O) groups excluding carboxylic acids is 1. The molecule has 0 aliphatic carbocycles. The molecule has 0 amide bonds. The van der Waals surface area contributed by atoms with Crippen molar-refractivity contribution in [3.8, 4) is 5.75 Å². The van der Waals surface area contributed by atoms with E-state index < -0.39 is 5.97 Å². The Kier molecular flexibility index (Phi) is 5.63. The molecule has 1 heterocycles. The van der Waals surface area contributed by atoms with E-state index in [0.717, 1.165) is 11.3 Å². The van der Waals surface area contributed by atoms with Gasteiger partial charge in [0.05, 0.1) is 19.9 Å². The minimum absolute atomic E-state index is 0.00304. The van der Waals surface area contributed by atoms with Gasteiger partial charge in [0, 0.05) is 11.7 Å². The van der Waals surface area contributed by atoms with Crippen molar-refractivity contribution >= 4 is 28.5 Å². The highest BCUT2D eigenvalue weighted by Crippen LogP contribution is 2.43. The van der Waals surface area contributed by atoms with Gasteiger partial charge >= 0.3 is 5.97 Å². The number of aliphatic hydroxyl groups excluding tert-OH is 1. The lowest BCUT2D eigenvalue weighted by Gasteiger charge is -2.24. The van der Waals surface area contributed by atoms with Gasteiger partial charge in [-0.1, -0.05) is 42.1 Å². The number of benzene rings is 2. The lowest BCUT2D eigenvalue weighted by atomic mass is 10.1. The number of hydrogen-bond acceptors (Lipinski definition) is 6. The quantitative estimate of drug-likeness (QED) is 0.799. The number of aliphatic hydroxyl groups is 1. The van der Waals surface area contributed by atoms with E-state index in [-0.39, 0.29) is 16.6 Å². The number of rotatable bonds is 4. The first-order chi connectivity index (χ1) is 12.6. The van der Waals surface area contributed by atoms with Crippen LogP contribution >= 0.6 is 11.8 Å². The summed E-state index contributed by atoms with van der Waals surface area (Å²) in [5.41, 5.74) is 1.85. The number of nitrogens with zero attached hydrogens (tertiary/aromatic N) is 1. The maximum absolute atomic E-state index is 12.2. The van der Waals surface area contributed by atoms with Crippen molar-refractivity contribution < 1.29 is 19.4 Å². The SMILES string of the molecule is COC(=O)C1=C(O)C[C@@H](c2ccccc2)SC1=Nc1ccc(OC)cc1. The van der Waals surface area contributed by atoms with Gasteiger partial charge < -0.3 is 14.6 Å². The van der Waals surface area contributed by atoms with Gasteiger partial charge in [-0.3, -0.25) is 0 Å². The summed E-state index contributed by atoms with van der Waals surface area (Å²) in [4.78, 5) is 16.7. The van der Waals surface area contributed by atoms with E-state index in [1.807, 2.05) is 30.3 Å². The Morgan fingerprint density at radius 2 is 1.81 bits per heavy atom. The van der Waals surface area contributed by atoms with Crippen LogP contribution in [-0.4, -0.2) is 30.3 Å². The lowest BCUT2D eigenvalue weighted by Crippen LogP contribution is -2.20. The molecule has 134 valence electrons. The molecule has 2 aromatic carbocycles. The maximum atomic E-state index is 12.2. The average molecular weight is 369 g/mol. The van der Waals surface area contributed by atoms with Crippen molar-refractivity contribution in [1.29, 1.82) is 0 Å². The summed E-state index contributed by atoms with van der Waals surface area (Å²) in [6.07, 6.45) is 0.348. The van der Waals surface area contributed by atoms with Crippen molar-refractivity contribution in [2.24, 2.45) is 4.99 Å². The monoisotopic (exact) mass is 369 g/mol. The standard InChI is InChI=1S/C20H19NO4S/c1-24-15-10-8-14(9-11-15)21-19-18(20(23)25-2)16(22)12-17(26-19)13-6-4-3-5-7-13/h3-11,17,22H,12H2,1-2H3/t17-/m0/s1. The number of aliphatic imine (C=N–C) groups is 1. The number of thioether (sulfide) groups is 1. The lowest BCUT2D eigenvalue weighted by molar-refractivity contribution is -0.135. The van der Waals surface area contributed by atoms with E-state index in [1.165, 1.54) is 18.9 Å². The molecule has 0 saturated carbocycles. The molecule has 0 bridgehead atoms. The summed E-state index contributed by atoms with van der Waals surface area (Å²) >= 11 is 1.44. The highest BCUT2D eigenvalue weighted by Gasteiger charge is 2.32. The molecule has 3 rings (SSSR count). The molecule has 5 nitrogen and oxygen atoms in total. The minimum Gasteiger partial charge on any atom is -0.511 e. The van der Waals surface area contributed by atoms with Crippen LogP contribution in [0.4, 0.5) is 5.69 Å². The molecule has 1 aliphatic heterocycles. The highest BCUT2D eigenvalue weighted by molar-refractivity contribution is 8.14. The van der Waals surface area contributed by atoms with Gasteiger partial charge in [0.1, 0.15) is 22.1 Å². The molecule has 1 aliphatic rings. The molecule has 0 saturated heterocycles. The first-order valence-electron chi connectivity index (χ1n) is 8.07. The molecule has 0 fully saturated rings. The summed E-state index contributed by atoms with van der Waals surface area (Å²) in [6, 6.07) is 17.0. The molecule has 0 aromatic heterocycles. The highest BCUT2D eigenvalue weighted by atomic mass is 32.2. The average Bonchev–Trinajstić information content (AvgIpc) is 2.68. The molecule has 1 N–H and O–H groups in total. The Hall–Kier alpha value is -2.73. The molecule has 2 aromatic rings.